The number of nitrogens with zero attached hydrogens (tertiary/aromatic N) is 1. The second-order valence-corrected chi connectivity index (χ2v) is 5.92. The fraction of sp³-hybridized carbons (Fsp3) is 0.150. The van der Waals surface area contributed by atoms with Crippen molar-refractivity contribution in [2.24, 2.45) is 5.73 Å². The van der Waals surface area contributed by atoms with Gasteiger partial charge in [0.25, 0.3) is 0 Å². The number of rotatable bonds is 2. The Bertz CT molecular complexity index is 698. The van der Waals surface area contributed by atoms with Crippen LogP contribution in [0.2, 0.25) is 0 Å². The van der Waals surface area contributed by atoms with Crippen molar-refractivity contribution in [1.82, 2.24) is 4.98 Å². The Kier molecular flexibility index (Phi) is 12.9. The van der Waals surface area contributed by atoms with Crippen LogP contribution in [0.5, 0.6) is 0 Å². The molecule has 0 radical (unpaired) electrons. The van der Waals surface area contributed by atoms with Crippen molar-refractivity contribution >= 4 is 17.2 Å². The number of aryl methyl sites for hydroxylation is 2. The number of carbonyl (C=O) groups excluding carboxylic acids is 1. The number of amides is 1. The molecule has 2 N–H and O–H groups in total. The second kappa shape index (κ2) is 13.7. The molecule has 0 unspecified atom stereocenters. The number of benzene rings is 2. The minimum Gasteiger partial charge on any atom is -0.366 e. The molecule has 1 aromatic heterocycles. The predicted octanol–water partition coefficient (Wildman–Crippen LogP) is 4.47. The molecule has 3 nitrogen and oxygen atoms in total. The Balaban J connectivity index is 0.000000341. The summed E-state index contributed by atoms with van der Waals surface area (Å²) in [4.78, 5) is 14.4. The summed E-state index contributed by atoms with van der Waals surface area (Å²) in [7, 11) is 0. The fourth-order valence-electron chi connectivity index (χ4n) is 1.66. The van der Waals surface area contributed by atoms with Crippen molar-refractivity contribution in [2.75, 3.05) is 0 Å². The second-order valence-electron chi connectivity index (χ2n) is 4.85. The van der Waals surface area contributed by atoms with E-state index >= 15 is 0 Å². The van der Waals surface area contributed by atoms with Gasteiger partial charge in [0.1, 0.15) is 0 Å². The van der Waals surface area contributed by atoms with E-state index in [1.165, 1.54) is 5.56 Å². The summed E-state index contributed by atoms with van der Waals surface area (Å²) in [5, 5.41) is 3.03. The summed E-state index contributed by atoms with van der Waals surface area (Å²) < 4.78 is 0. The molecule has 0 fully saturated rings. The Morgan fingerprint density at radius 1 is 1.24 bits per heavy atom. The van der Waals surface area contributed by atoms with E-state index in [9.17, 15) is 4.79 Å². The molecule has 2 aromatic carbocycles. The smallest absolute Gasteiger partial charge is 0.366 e. The van der Waals surface area contributed by atoms with Gasteiger partial charge in [-0.25, -0.2) is 18.3 Å². The van der Waals surface area contributed by atoms with E-state index in [2.05, 4.69) is 31.0 Å². The van der Waals surface area contributed by atoms with Crippen molar-refractivity contribution in [3.05, 3.63) is 94.8 Å². The van der Waals surface area contributed by atoms with Crippen LogP contribution < -0.4 is 5.73 Å². The summed E-state index contributed by atoms with van der Waals surface area (Å²) in [6.45, 7) is 7.75. The Morgan fingerprint density at radius 2 is 1.92 bits per heavy atom. The first-order chi connectivity index (χ1) is 11.5. The molecule has 0 aliphatic heterocycles. The van der Waals surface area contributed by atoms with Gasteiger partial charge >= 0.3 is 31.1 Å². The standard InChI is InChI=1S/C8H9.C7H7NO.C5H6NS.U/c1-2-8-6-4-3-5-7-8;8-7(9)6-4-2-1-3-5-6;1-4-3-7-5(2)6-4;/h3-4,6-7H,2H2,1H3;1-5H,(H2,8,9);3H,1H2,2H3;/q-1;;-1;+2. The average molecular weight is 577 g/mol. The van der Waals surface area contributed by atoms with Crippen LogP contribution in [0.25, 0.3) is 0 Å². The number of thiazole rings is 1. The molecule has 0 aliphatic carbocycles. The largest absolute Gasteiger partial charge is 2.00 e. The molecular formula is C20H22N2OSU. The van der Waals surface area contributed by atoms with Crippen LogP contribution in [0.4, 0.5) is 0 Å². The minimum absolute atomic E-state index is 0. The number of carbonyl (C=O) groups is 1. The molecule has 1 amide bonds. The molecule has 3 rings (SSSR count). The summed E-state index contributed by atoms with van der Waals surface area (Å²) in [6, 6.07) is 19.8. The van der Waals surface area contributed by atoms with Crippen molar-refractivity contribution in [3.8, 4) is 0 Å². The summed E-state index contributed by atoms with van der Waals surface area (Å²) >= 11 is 1.63. The van der Waals surface area contributed by atoms with Gasteiger partial charge in [0.2, 0.25) is 5.91 Å². The van der Waals surface area contributed by atoms with Crippen LogP contribution in [-0.4, -0.2) is 10.9 Å². The monoisotopic (exact) mass is 576 g/mol. The number of hydrogen-bond donors (Lipinski definition) is 1. The molecule has 0 aliphatic rings. The van der Waals surface area contributed by atoms with Gasteiger partial charge in [-0.1, -0.05) is 37.2 Å². The maximum absolute atomic E-state index is 10.4. The first-order valence-corrected chi connectivity index (χ1v) is 8.44. The first-order valence-electron chi connectivity index (χ1n) is 7.56. The Labute approximate surface area is 178 Å². The SMILES string of the molecule is CCc1c[c-]ccc1.NC(=O)c1ccccc1.[CH2-]c1csc(C)n1.[U+2]. The van der Waals surface area contributed by atoms with Crippen molar-refractivity contribution < 1.29 is 35.9 Å². The van der Waals surface area contributed by atoms with Crippen LogP contribution in [0.1, 0.15) is 33.5 Å². The third-order valence-electron chi connectivity index (χ3n) is 2.90. The van der Waals surface area contributed by atoms with E-state index in [0.717, 1.165) is 17.1 Å². The Hall–Kier alpha value is -1.54. The molecule has 1 heterocycles. The number of primary amides is 1. The molecule has 0 bridgehead atoms. The predicted molar refractivity (Wildman–Crippen MR) is 101 cm³/mol. The van der Waals surface area contributed by atoms with Crippen molar-refractivity contribution in [3.63, 3.8) is 0 Å². The quantitative estimate of drug-likeness (QED) is 0.458. The fourth-order valence-corrected chi connectivity index (χ4v) is 2.19. The summed E-state index contributed by atoms with van der Waals surface area (Å²) in [5.41, 5.74) is 7.76. The van der Waals surface area contributed by atoms with Crippen LogP contribution in [0.15, 0.2) is 60.0 Å². The van der Waals surface area contributed by atoms with Gasteiger partial charge in [-0.15, -0.1) is 5.38 Å². The van der Waals surface area contributed by atoms with Gasteiger partial charge in [-0.05, 0) is 19.1 Å². The van der Waals surface area contributed by atoms with Crippen LogP contribution in [-0.2, 0) is 6.42 Å². The zero-order valence-corrected chi connectivity index (χ0v) is 19.5. The van der Waals surface area contributed by atoms with E-state index in [1.54, 1.807) is 35.6 Å². The van der Waals surface area contributed by atoms with E-state index in [0.29, 0.717) is 5.56 Å². The van der Waals surface area contributed by atoms with Gasteiger partial charge in [-0.3, -0.25) is 9.78 Å². The van der Waals surface area contributed by atoms with Gasteiger partial charge in [0.15, 0.2) is 0 Å². The molecule has 128 valence electrons. The molecule has 25 heavy (non-hydrogen) atoms. The average Bonchev–Trinajstić information content (AvgIpc) is 3.00. The van der Waals surface area contributed by atoms with E-state index in [4.69, 9.17) is 5.73 Å². The third kappa shape index (κ3) is 10.8. The molecule has 5 heteroatoms. The van der Waals surface area contributed by atoms with Crippen molar-refractivity contribution in [1.29, 1.82) is 0 Å². The molecule has 0 saturated carbocycles. The maximum atomic E-state index is 10.4. The van der Waals surface area contributed by atoms with E-state index in [-0.39, 0.29) is 37.0 Å². The Morgan fingerprint density at radius 3 is 2.20 bits per heavy atom. The zero-order valence-electron chi connectivity index (χ0n) is 14.5. The van der Waals surface area contributed by atoms with Gasteiger partial charge in [-0.2, -0.15) is 35.9 Å². The number of nitrogens with two attached hydrogens (primary N) is 1. The third-order valence-corrected chi connectivity index (χ3v) is 3.73. The minimum atomic E-state index is -0.379. The van der Waals surface area contributed by atoms with E-state index in [1.807, 2.05) is 36.6 Å². The zero-order chi connectivity index (χ0) is 17.8. The number of aromatic nitrogens is 1. The molecule has 3 aromatic rings. The number of hydrogen-bond acceptors (Lipinski definition) is 3. The molecule has 0 spiro atoms. The van der Waals surface area contributed by atoms with E-state index < -0.39 is 0 Å². The van der Waals surface area contributed by atoms with Gasteiger partial charge in [0, 0.05) is 5.56 Å². The summed E-state index contributed by atoms with van der Waals surface area (Å²) in [5.74, 6) is -0.379. The van der Waals surface area contributed by atoms with Crippen LogP contribution >= 0.6 is 11.3 Å². The van der Waals surface area contributed by atoms with Crippen LogP contribution in [0.3, 0.4) is 0 Å². The maximum Gasteiger partial charge on any atom is 2.00 e. The summed E-state index contributed by atoms with van der Waals surface area (Å²) in [6.07, 6.45) is 1.11. The molecule has 0 saturated heterocycles. The topological polar surface area (TPSA) is 56.0 Å². The van der Waals surface area contributed by atoms with Gasteiger partial charge in [0.05, 0.1) is 5.01 Å². The molecule has 0 atom stereocenters. The van der Waals surface area contributed by atoms with Crippen LogP contribution in [0, 0.1) is 51.0 Å². The normalized spacial score (nSPS) is 8.72. The molecular weight excluding hydrogens is 554 g/mol. The van der Waals surface area contributed by atoms with Crippen molar-refractivity contribution in [2.45, 2.75) is 20.3 Å². The first kappa shape index (κ1) is 23.5. The van der Waals surface area contributed by atoms with Gasteiger partial charge < -0.3 is 5.73 Å².